The zero-order valence-electron chi connectivity index (χ0n) is 13.4. The van der Waals surface area contributed by atoms with Crippen LogP contribution in [0.5, 0.6) is 0 Å². The molecule has 1 aromatic heterocycles. The molecule has 0 saturated heterocycles. The normalized spacial score (nSPS) is 11.0. The summed E-state index contributed by atoms with van der Waals surface area (Å²) < 4.78 is 28.4. The zero-order chi connectivity index (χ0) is 18.6. The highest BCUT2D eigenvalue weighted by Crippen LogP contribution is 2.20. The van der Waals surface area contributed by atoms with E-state index in [2.05, 4.69) is 31.0 Å². The molecule has 0 aliphatic rings. The van der Waals surface area contributed by atoms with Gasteiger partial charge in [0.05, 0.1) is 4.90 Å². The van der Waals surface area contributed by atoms with Crippen LogP contribution in [0.2, 0.25) is 0 Å². The van der Waals surface area contributed by atoms with Gasteiger partial charge in [0.15, 0.2) is 0 Å². The second kappa shape index (κ2) is 7.67. The van der Waals surface area contributed by atoms with Crippen molar-refractivity contribution in [2.24, 2.45) is 0 Å². The third kappa shape index (κ3) is 4.47. The van der Waals surface area contributed by atoms with Crippen LogP contribution in [0.1, 0.15) is 10.4 Å². The zero-order valence-corrected chi connectivity index (χ0v) is 15.8. The number of anilines is 2. The molecule has 132 valence electrons. The molecule has 0 aliphatic carbocycles. The van der Waals surface area contributed by atoms with E-state index in [0.29, 0.717) is 11.4 Å². The monoisotopic (exact) mass is 431 g/mol. The van der Waals surface area contributed by atoms with Gasteiger partial charge in [-0.1, -0.05) is 22.0 Å². The van der Waals surface area contributed by atoms with E-state index in [1.807, 2.05) is 0 Å². The number of nitrogens with zero attached hydrogens (tertiary/aromatic N) is 1. The Balaban J connectivity index is 1.81. The van der Waals surface area contributed by atoms with Gasteiger partial charge in [-0.2, -0.15) is 0 Å². The predicted octanol–water partition coefficient (Wildman–Crippen LogP) is 3.90. The van der Waals surface area contributed by atoms with Crippen LogP contribution in [0.4, 0.5) is 11.4 Å². The topological polar surface area (TPSA) is 88.2 Å². The molecule has 2 N–H and O–H groups in total. The standard InChI is InChI=1S/C18H14BrN3O3S/c19-14-4-6-16(7-5-14)22-26(24,25)17-3-1-2-13(12-17)18(23)21-15-8-10-20-11-9-15/h1-12,22H,(H,20,21,23). The van der Waals surface area contributed by atoms with Crippen LogP contribution < -0.4 is 10.0 Å². The van der Waals surface area contributed by atoms with Crippen LogP contribution in [0.25, 0.3) is 0 Å². The number of carbonyl (C=O) groups excluding carboxylic acids is 1. The number of hydrogen-bond acceptors (Lipinski definition) is 4. The largest absolute Gasteiger partial charge is 0.322 e. The molecule has 0 unspecified atom stereocenters. The molecule has 0 aliphatic heterocycles. The third-order valence-corrected chi connectivity index (χ3v) is 5.35. The molecule has 2 aromatic carbocycles. The van der Waals surface area contributed by atoms with Gasteiger partial charge in [0.2, 0.25) is 0 Å². The summed E-state index contributed by atoms with van der Waals surface area (Å²) in [5.41, 5.74) is 1.24. The van der Waals surface area contributed by atoms with Gasteiger partial charge in [0, 0.05) is 33.8 Å². The van der Waals surface area contributed by atoms with Crippen LogP contribution in [-0.4, -0.2) is 19.3 Å². The number of rotatable bonds is 5. The van der Waals surface area contributed by atoms with Crippen molar-refractivity contribution in [3.63, 3.8) is 0 Å². The Morgan fingerprint density at radius 3 is 2.31 bits per heavy atom. The lowest BCUT2D eigenvalue weighted by molar-refractivity contribution is 0.102. The maximum absolute atomic E-state index is 12.6. The summed E-state index contributed by atoms with van der Waals surface area (Å²) in [6.45, 7) is 0. The fourth-order valence-corrected chi connectivity index (χ4v) is 3.54. The van der Waals surface area contributed by atoms with Gasteiger partial charge in [-0.15, -0.1) is 0 Å². The fourth-order valence-electron chi connectivity index (χ4n) is 2.18. The molecule has 0 radical (unpaired) electrons. The van der Waals surface area contributed by atoms with Crippen molar-refractivity contribution >= 4 is 43.2 Å². The number of amides is 1. The van der Waals surface area contributed by atoms with Gasteiger partial charge in [0.25, 0.3) is 15.9 Å². The van der Waals surface area contributed by atoms with Gasteiger partial charge < -0.3 is 5.32 Å². The lowest BCUT2D eigenvalue weighted by Gasteiger charge is -2.10. The van der Waals surface area contributed by atoms with Crippen molar-refractivity contribution in [1.29, 1.82) is 0 Å². The van der Waals surface area contributed by atoms with Crippen LogP contribution in [0.15, 0.2) is 82.4 Å². The van der Waals surface area contributed by atoms with E-state index in [4.69, 9.17) is 0 Å². The van der Waals surface area contributed by atoms with Crippen LogP contribution in [0.3, 0.4) is 0 Å². The van der Waals surface area contributed by atoms with Crippen molar-refractivity contribution in [1.82, 2.24) is 4.98 Å². The number of pyridine rings is 1. The smallest absolute Gasteiger partial charge is 0.261 e. The van der Waals surface area contributed by atoms with Crippen molar-refractivity contribution in [2.45, 2.75) is 4.90 Å². The number of benzene rings is 2. The molecule has 3 rings (SSSR count). The molecule has 0 spiro atoms. The summed E-state index contributed by atoms with van der Waals surface area (Å²) in [7, 11) is -3.81. The van der Waals surface area contributed by atoms with E-state index >= 15 is 0 Å². The molecule has 26 heavy (non-hydrogen) atoms. The van der Waals surface area contributed by atoms with Gasteiger partial charge in [-0.25, -0.2) is 8.42 Å². The lowest BCUT2D eigenvalue weighted by Crippen LogP contribution is -2.16. The molecule has 3 aromatic rings. The number of nitrogens with one attached hydrogen (secondary N) is 2. The number of sulfonamides is 1. The first-order valence-electron chi connectivity index (χ1n) is 7.54. The number of halogens is 1. The summed E-state index contributed by atoms with van der Waals surface area (Å²) in [6, 6.07) is 15.9. The first-order valence-corrected chi connectivity index (χ1v) is 9.81. The molecule has 0 bridgehead atoms. The summed E-state index contributed by atoms with van der Waals surface area (Å²) in [5.74, 6) is -0.406. The van der Waals surface area contributed by atoms with Crippen LogP contribution in [-0.2, 0) is 10.0 Å². The number of carbonyl (C=O) groups is 1. The molecule has 6 nitrogen and oxygen atoms in total. The Morgan fingerprint density at radius 2 is 1.62 bits per heavy atom. The first kappa shape index (κ1) is 18.1. The van der Waals surface area contributed by atoms with Gasteiger partial charge >= 0.3 is 0 Å². The number of aromatic nitrogens is 1. The quantitative estimate of drug-likeness (QED) is 0.640. The summed E-state index contributed by atoms with van der Waals surface area (Å²) in [6.07, 6.45) is 3.11. The van der Waals surface area contributed by atoms with Gasteiger partial charge in [-0.3, -0.25) is 14.5 Å². The average Bonchev–Trinajstić information content (AvgIpc) is 2.64. The highest BCUT2D eigenvalue weighted by molar-refractivity contribution is 9.10. The Bertz CT molecular complexity index is 1020. The second-order valence-electron chi connectivity index (χ2n) is 5.33. The van der Waals surface area contributed by atoms with Crippen molar-refractivity contribution < 1.29 is 13.2 Å². The third-order valence-electron chi connectivity index (χ3n) is 3.44. The predicted molar refractivity (Wildman–Crippen MR) is 104 cm³/mol. The molecule has 8 heteroatoms. The maximum Gasteiger partial charge on any atom is 0.261 e. The molecule has 1 heterocycles. The number of hydrogen-bond donors (Lipinski definition) is 2. The maximum atomic E-state index is 12.6. The van der Waals surface area contributed by atoms with Gasteiger partial charge in [-0.05, 0) is 54.6 Å². The average molecular weight is 432 g/mol. The minimum atomic E-state index is -3.81. The highest BCUT2D eigenvalue weighted by Gasteiger charge is 2.16. The van der Waals surface area contributed by atoms with Crippen molar-refractivity contribution in [3.8, 4) is 0 Å². The Morgan fingerprint density at radius 1 is 0.923 bits per heavy atom. The van der Waals surface area contributed by atoms with Crippen molar-refractivity contribution in [2.75, 3.05) is 10.0 Å². The summed E-state index contributed by atoms with van der Waals surface area (Å²) >= 11 is 3.30. The van der Waals surface area contributed by atoms with E-state index < -0.39 is 15.9 Å². The minimum absolute atomic E-state index is 0.00259. The summed E-state index contributed by atoms with van der Waals surface area (Å²) in [4.78, 5) is 16.2. The SMILES string of the molecule is O=C(Nc1ccncc1)c1cccc(S(=O)(=O)Nc2ccc(Br)cc2)c1. The Hall–Kier alpha value is -2.71. The fraction of sp³-hybridized carbons (Fsp3) is 0. The van der Waals surface area contributed by atoms with E-state index in [1.165, 1.54) is 18.2 Å². The van der Waals surface area contributed by atoms with Crippen LogP contribution in [0, 0.1) is 0 Å². The van der Waals surface area contributed by atoms with E-state index in [1.54, 1.807) is 54.9 Å². The first-order chi connectivity index (χ1) is 12.4. The Labute approximate surface area is 159 Å². The molecule has 1 amide bonds. The minimum Gasteiger partial charge on any atom is -0.322 e. The van der Waals surface area contributed by atoms with E-state index in [9.17, 15) is 13.2 Å². The lowest BCUT2D eigenvalue weighted by atomic mass is 10.2. The molecule has 0 saturated carbocycles. The van der Waals surface area contributed by atoms with E-state index in [-0.39, 0.29) is 10.5 Å². The van der Waals surface area contributed by atoms with Crippen LogP contribution >= 0.6 is 15.9 Å². The summed E-state index contributed by atoms with van der Waals surface area (Å²) in [5, 5.41) is 2.69. The molecule has 0 atom stereocenters. The van der Waals surface area contributed by atoms with Crippen molar-refractivity contribution in [3.05, 3.63) is 83.1 Å². The Kier molecular flexibility index (Phi) is 5.34. The highest BCUT2D eigenvalue weighted by atomic mass is 79.9. The van der Waals surface area contributed by atoms with Gasteiger partial charge in [0.1, 0.15) is 0 Å². The van der Waals surface area contributed by atoms with E-state index in [0.717, 1.165) is 4.47 Å². The molecular formula is C18H14BrN3O3S. The second-order valence-corrected chi connectivity index (χ2v) is 7.93. The molecule has 0 fully saturated rings. The molecular weight excluding hydrogens is 418 g/mol.